The van der Waals surface area contributed by atoms with Gasteiger partial charge in [0.15, 0.2) is 5.82 Å². The molecule has 5 heteroatoms. The molecule has 0 atom stereocenters. The van der Waals surface area contributed by atoms with Gasteiger partial charge in [-0.05, 0) is 6.07 Å². The number of nitrogen functional groups attached to an aromatic ring is 1. The van der Waals surface area contributed by atoms with Gasteiger partial charge in [-0.25, -0.2) is 4.98 Å². The van der Waals surface area contributed by atoms with Crippen molar-refractivity contribution in [2.24, 2.45) is 0 Å². The number of aromatic amines is 1. The third-order valence-electron chi connectivity index (χ3n) is 2.07. The SMILES string of the molecule is CC(C)c1nc(-c2cncc(N)c2)n[nH]1. The van der Waals surface area contributed by atoms with Gasteiger partial charge in [0.2, 0.25) is 0 Å². The van der Waals surface area contributed by atoms with Crippen molar-refractivity contribution < 1.29 is 0 Å². The Morgan fingerprint density at radius 3 is 2.73 bits per heavy atom. The van der Waals surface area contributed by atoms with E-state index in [1.165, 1.54) is 0 Å². The number of anilines is 1. The Hall–Kier alpha value is -1.91. The highest BCUT2D eigenvalue weighted by Crippen LogP contribution is 2.17. The first-order chi connectivity index (χ1) is 7.16. The Labute approximate surface area is 87.8 Å². The van der Waals surface area contributed by atoms with Crippen LogP contribution < -0.4 is 5.73 Å². The van der Waals surface area contributed by atoms with Gasteiger partial charge in [-0.3, -0.25) is 10.1 Å². The second-order valence-electron chi connectivity index (χ2n) is 3.71. The van der Waals surface area contributed by atoms with Gasteiger partial charge < -0.3 is 5.73 Å². The molecule has 0 spiro atoms. The van der Waals surface area contributed by atoms with Gasteiger partial charge in [0.05, 0.1) is 5.69 Å². The maximum absolute atomic E-state index is 5.63. The largest absolute Gasteiger partial charge is 0.397 e. The summed E-state index contributed by atoms with van der Waals surface area (Å²) in [5.41, 5.74) is 7.08. The predicted octanol–water partition coefficient (Wildman–Crippen LogP) is 1.57. The van der Waals surface area contributed by atoms with Crippen molar-refractivity contribution in [2.75, 3.05) is 5.73 Å². The number of rotatable bonds is 2. The number of H-pyrrole nitrogens is 1. The lowest BCUT2D eigenvalue weighted by Gasteiger charge is -1.96. The van der Waals surface area contributed by atoms with Crippen LogP contribution in [0.25, 0.3) is 11.4 Å². The molecule has 0 amide bonds. The number of hydrogen-bond donors (Lipinski definition) is 2. The number of hydrogen-bond acceptors (Lipinski definition) is 4. The number of nitrogens with one attached hydrogen (secondary N) is 1. The number of nitrogens with two attached hydrogens (primary N) is 1. The lowest BCUT2D eigenvalue weighted by atomic mass is 10.2. The van der Waals surface area contributed by atoms with Crippen LogP contribution in [0.3, 0.4) is 0 Å². The van der Waals surface area contributed by atoms with Gasteiger partial charge in [0.1, 0.15) is 5.82 Å². The maximum Gasteiger partial charge on any atom is 0.182 e. The first-order valence-electron chi connectivity index (χ1n) is 4.80. The standard InChI is InChI=1S/C10H13N5/c1-6(2)9-13-10(15-14-9)7-3-8(11)5-12-4-7/h3-6H,11H2,1-2H3,(H,13,14,15). The molecule has 0 aliphatic heterocycles. The molecule has 0 unspecified atom stereocenters. The Morgan fingerprint density at radius 1 is 1.33 bits per heavy atom. The summed E-state index contributed by atoms with van der Waals surface area (Å²) < 4.78 is 0. The fraction of sp³-hybridized carbons (Fsp3) is 0.300. The number of nitrogens with zero attached hydrogens (tertiary/aromatic N) is 3. The quantitative estimate of drug-likeness (QED) is 0.776. The summed E-state index contributed by atoms with van der Waals surface area (Å²) >= 11 is 0. The van der Waals surface area contributed by atoms with Crippen molar-refractivity contribution in [3.8, 4) is 11.4 Å². The predicted molar refractivity (Wildman–Crippen MR) is 58.1 cm³/mol. The van der Waals surface area contributed by atoms with Crippen molar-refractivity contribution in [2.45, 2.75) is 19.8 Å². The average molecular weight is 203 g/mol. The van der Waals surface area contributed by atoms with E-state index in [4.69, 9.17) is 5.73 Å². The summed E-state index contributed by atoms with van der Waals surface area (Å²) in [4.78, 5) is 8.35. The molecule has 0 aliphatic carbocycles. The van der Waals surface area contributed by atoms with Gasteiger partial charge in [-0.2, -0.15) is 5.10 Å². The summed E-state index contributed by atoms with van der Waals surface area (Å²) in [6.45, 7) is 4.11. The third-order valence-corrected chi connectivity index (χ3v) is 2.07. The van der Waals surface area contributed by atoms with E-state index in [2.05, 4.69) is 34.0 Å². The normalized spacial score (nSPS) is 10.9. The van der Waals surface area contributed by atoms with Gasteiger partial charge in [0, 0.05) is 23.9 Å². The van der Waals surface area contributed by atoms with Crippen LogP contribution in [-0.2, 0) is 0 Å². The summed E-state index contributed by atoms with van der Waals surface area (Å²) in [6.07, 6.45) is 3.29. The zero-order chi connectivity index (χ0) is 10.8. The van der Waals surface area contributed by atoms with Crippen molar-refractivity contribution >= 4 is 5.69 Å². The second kappa shape index (κ2) is 3.68. The molecule has 78 valence electrons. The van der Waals surface area contributed by atoms with E-state index in [1.54, 1.807) is 18.5 Å². The summed E-state index contributed by atoms with van der Waals surface area (Å²) in [5.74, 6) is 1.84. The van der Waals surface area contributed by atoms with Crippen LogP contribution in [0.1, 0.15) is 25.6 Å². The minimum absolute atomic E-state index is 0.334. The van der Waals surface area contributed by atoms with Crippen molar-refractivity contribution in [1.29, 1.82) is 0 Å². The van der Waals surface area contributed by atoms with Crippen LogP contribution >= 0.6 is 0 Å². The molecule has 2 aromatic heterocycles. The van der Waals surface area contributed by atoms with Crippen LogP contribution in [0.5, 0.6) is 0 Å². The van der Waals surface area contributed by atoms with Crippen molar-refractivity contribution in [1.82, 2.24) is 20.2 Å². The van der Waals surface area contributed by atoms with E-state index >= 15 is 0 Å². The highest BCUT2D eigenvalue weighted by atomic mass is 15.2. The topological polar surface area (TPSA) is 80.5 Å². The molecule has 2 heterocycles. The Bertz CT molecular complexity index is 460. The smallest absolute Gasteiger partial charge is 0.182 e. The molecule has 0 saturated heterocycles. The molecule has 0 aromatic carbocycles. The summed E-state index contributed by atoms with van der Waals surface area (Å²) in [5, 5.41) is 7.01. The zero-order valence-corrected chi connectivity index (χ0v) is 8.73. The van der Waals surface area contributed by atoms with Gasteiger partial charge in [-0.1, -0.05) is 13.8 Å². The van der Waals surface area contributed by atoms with E-state index in [0.29, 0.717) is 17.4 Å². The molecule has 0 aliphatic rings. The van der Waals surface area contributed by atoms with Crippen LogP contribution in [-0.4, -0.2) is 20.2 Å². The molecule has 0 saturated carbocycles. The third kappa shape index (κ3) is 1.96. The fourth-order valence-corrected chi connectivity index (χ4v) is 1.24. The van der Waals surface area contributed by atoms with Crippen LogP contribution in [0.4, 0.5) is 5.69 Å². The van der Waals surface area contributed by atoms with Gasteiger partial charge in [0.25, 0.3) is 0 Å². The van der Waals surface area contributed by atoms with E-state index in [1.807, 2.05) is 0 Å². The molecule has 0 radical (unpaired) electrons. The summed E-state index contributed by atoms with van der Waals surface area (Å²) in [6, 6.07) is 1.81. The molecule has 2 aromatic rings. The lowest BCUT2D eigenvalue weighted by molar-refractivity contribution is 0.781. The maximum atomic E-state index is 5.63. The van der Waals surface area contributed by atoms with Crippen molar-refractivity contribution in [3.63, 3.8) is 0 Å². The monoisotopic (exact) mass is 203 g/mol. The van der Waals surface area contributed by atoms with E-state index in [0.717, 1.165) is 11.4 Å². The fourth-order valence-electron chi connectivity index (χ4n) is 1.24. The first kappa shape index (κ1) is 9.64. The average Bonchev–Trinajstić information content (AvgIpc) is 2.66. The number of pyridine rings is 1. The van der Waals surface area contributed by atoms with Crippen LogP contribution in [0, 0.1) is 0 Å². The highest BCUT2D eigenvalue weighted by Gasteiger charge is 2.08. The molecule has 15 heavy (non-hydrogen) atoms. The Balaban J connectivity index is 2.37. The van der Waals surface area contributed by atoms with E-state index in [-0.39, 0.29) is 0 Å². The zero-order valence-electron chi connectivity index (χ0n) is 8.73. The first-order valence-corrected chi connectivity index (χ1v) is 4.80. The van der Waals surface area contributed by atoms with Crippen LogP contribution in [0.15, 0.2) is 18.5 Å². The Morgan fingerprint density at radius 2 is 2.13 bits per heavy atom. The molecular formula is C10H13N5. The van der Waals surface area contributed by atoms with E-state index in [9.17, 15) is 0 Å². The summed E-state index contributed by atoms with van der Waals surface area (Å²) in [7, 11) is 0. The molecule has 3 N–H and O–H groups in total. The molecule has 2 rings (SSSR count). The lowest BCUT2D eigenvalue weighted by Crippen LogP contribution is -1.90. The van der Waals surface area contributed by atoms with Crippen molar-refractivity contribution in [3.05, 3.63) is 24.3 Å². The number of aromatic nitrogens is 4. The van der Waals surface area contributed by atoms with Crippen LogP contribution in [0.2, 0.25) is 0 Å². The molecule has 0 bridgehead atoms. The Kier molecular flexibility index (Phi) is 2.37. The molecule has 5 nitrogen and oxygen atoms in total. The highest BCUT2D eigenvalue weighted by molar-refractivity contribution is 5.58. The molecule has 0 fully saturated rings. The minimum atomic E-state index is 0.334. The minimum Gasteiger partial charge on any atom is -0.397 e. The van der Waals surface area contributed by atoms with Gasteiger partial charge >= 0.3 is 0 Å². The second-order valence-corrected chi connectivity index (χ2v) is 3.71. The molecular weight excluding hydrogens is 190 g/mol. The van der Waals surface area contributed by atoms with E-state index < -0.39 is 0 Å². The van der Waals surface area contributed by atoms with Gasteiger partial charge in [-0.15, -0.1) is 0 Å².